The standard InChI is InChI=1S/C11H13FN4/c12-8-2-1-3-9(6-8)14-5-4-10-7-11(13)16-15-10/h1-3,6-7,14H,4-5H2,(H3,13,15,16). The van der Waals surface area contributed by atoms with Gasteiger partial charge < -0.3 is 11.1 Å². The summed E-state index contributed by atoms with van der Waals surface area (Å²) in [4.78, 5) is 0. The van der Waals surface area contributed by atoms with E-state index in [4.69, 9.17) is 5.73 Å². The number of benzene rings is 1. The number of aromatic nitrogens is 2. The van der Waals surface area contributed by atoms with Crippen molar-refractivity contribution in [3.05, 3.63) is 41.8 Å². The van der Waals surface area contributed by atoms with Crippen molar-refractivity contribution in [3.63, 3.8) is 0 Å². The Labute approximate surface area is 92.7 Å². The van der Waals surface area contributed by atoms with Gasteiger partial charge in [-0.1, -0.05) is 6.07 Å². The number of aromatic amines is 1. The highest BCUT2D eigenvalue weighted by Crippen LogP contribution is 2.09. The van der Waals surface area contributed by atoms with Gasteiger partial charge in [0.1, 0.15) is 11.6 Å². The van der Waals surface area contributed by atoms with Gasteiger partial charge in [-0.25, -0.2) is 4.39 Å². The zero-order valence-electron chi connectivity index (χ0n) is 8.70. The van der Waals surface area contributed by atoms with Gasteiger partial charge in [0.2, 0.25) is 0 Å². The van der Waals surface area contributed by atoms with Gasteiger partial charge in [-0.15, -0.1) is 0 Å². The van der Waals surface area contributed by atoms with Crippen LogP contribution in [0.5, 0.6) is 0 Å². The molecule has 1 aromatic carbocycles. The van der Waals surface area contributed by atoms with E-state index in [2.05, 4.69) is 15.5 Å². The Hall–Kier alpha value is -2.04. The molecule has 0 spiro atoms. The summed E-state index contributed by atoms with van der Waals surface area (Å²) in [5, 5.41) is 9.75. The summed E-state index contributed by atoms with van der Waals surface area (Å²) >= 11 is 0. The van der Waals surface area contributed by atoms with Crippen LogP contribution in [0.25, 0.3) is 0 Å². The van der Waals surface area contributed by atoms with Gasteiger partial charge in [0.15, 0.2) is 0 Å². The van der Waals surface area contributed by atoms with Gasteiger partial charge in [-0.05, 0) is 18.2 Å². The Morgan fingerprint density at radius 2 is 2.25 bits per heavy atom. The fourth-order valence-electron chi connectivity index (χ4n) is 1.45. The van der Waals surface area contributed by atoms with Crippen molar-refractivity contribution in [2.45, 2.75) is 6.42 Å². The van der Waals surface area contributed by atoms with E-state index in [0.717, 1.165) is 17.8 Å². The fourth-order valence-corrected chi connectivity index (χ4v) is 1.45. The van der Waals surface area contributed by atoms with Gasteiger partial charge >= 0.3 is 0 Å². The van der Waals surface area contributed by atoms with E-state index in [1.807, 2.05) is 6.07 Å². The Morgan fingerprint density at radius 3 is 2.94 bits per heavy atom. The van der Waals surface area contributed by atoms with E-state index >= 15 is 0 Å². The minimum Gasteiger partial charge on any atom is -0.385 e. The number of rotatable bonds is 4. The third kappa shape index (κ3) is 2.73. The highest BCUT2D eigenvalue weighted by Gasteiger charge is 1.98. The van der Waals surface area contributed by atoms with Crippen LogP contribution in [-0.4, -0.2) is 16.7 Å². The molecule has 16 heavy (non-hydrogen) atoms. The van der Waals surface area contributed by atoms with Crippen LogP contribution in [0, 0.1) is 5.82 Å². The molecule has 2 rings (SSSR count). The van der Waals surface area contributed by atoms with Crippen LogP contribution in [0.1, 0.15) is 5.69 Å². The van der Waals surface area contributed by atoms with Crippen molar-refractivity contribution >= 4 is 11.5 Å². The largest absolute Gasteiger partial charge is 0.385 e. The summed E-state index contributed by atoms with van der Waals surface area (Å²) in [6.45, 7) is 0.699. The van der Waals surface area contributed by atoms with Gasteiger partial charge in [0.25, 0.3) is 0 Å². The Balaban J connectivity index is 1.84. The second kappa shape index (κ2) is 4.65. The van der Waals surface area contributed by atoms with Crippen molar-refractivity contribution in [1.82, 2.24) is 10.2 Å². The summed E-state index contributed by atoms with van der Waals surface area (Å²) in [5.41, 5.74) is 7.20. The molecule has 0 amide bonds. The zero-order chi connectivity index (χ0) is 11.4. The quantitative estimate of drug-likeness (QED) is 0.735. The molecule has 0 aliphatic heterocycles. The Kier molecular flexibility index (Phi) is 3.05. The molecule has 0 unspecified atom stereocenters. The van der Waals surface area contributed by atoms with Crippen molar-refractivity contribution < 1.29 is 4.39 Å². The maximum atomic E-state index is 12.8. The zero-order valence-corrected chi connectivity index (χ0v) is 8.70. The summed E-state index contributed by atoms with van der Waals surface area (Å²) in [6, 6.07) is 8.16. The smallest absolute Gasteiger partial charge is 0.145 e. The molecule has 4 N–H and O–H groups in total. The lowest BCUT2D eigenvalue weighted by Gasteiger charge is -2.04. The first kappa shape index (κ1) is 10.5. The van der Waals surface area contributed by atoms with Gasteiger partial charge in [0.05, 0.1) is 0 Å². The van der Waals surface area contributed by atoms with E-state index < -0.39 is 0 Å². The highest BCUT2D eigenvalue weighted by molar-refractivity contribution is 5.43. The molecular formula is C11H13FN4. The minimum atomic E-state index is -0.240. The number of nitrogens with one attached hydrogen (secondary N) is 2. The minimum absolute atomic E-state index is 0.240. The van der Waals surface area contributed by atoms with Crippen LogP contribution in [0.2, 0.25) is 0 Å². The molecule has 0 aliphatic rings. The van der Waals surface area contributed by atoms with Crippen LogP contribution in [0.3, 0.4) is 0 Å². The lowest BCUT2D eigenvalue weighted by molar-refractivity contribution is 0.628. The third-order valence-corrected chi connectivity index (χ3v) is 2.20. The molecule has 0 aliphatic carbocycles. The molecule has 0 fully saturated rings. The first-order valence-corrected chi connectivity index (χ1v) is 5.03. The second-order valence-corrected chi connectivity index (χ2v) is 3.51. The number of nitrogens with two attached hydrogens (primary N) is 1. The summed E-state index contributed by atoms with van der Waals surface area (Å²) in [6.07, 6.45) is 0.765. The predicted molar refractivity (Wildman–Crippen MR) is 61.6 cm³/mol. The van der Waals surface area contributed by atoms with Crippen LogP contribution < -0.4 is 11.1 Å². The molecule has 0 bridgehead atoms. The molecule has 0 saturated carbocycles. The highest BCUT2D eigenvalue weighted by atomic mass is 19.1. The van der Waals surface area contributed by atoms with Crippen molar-refractivity contribution in [2.75, 3.05) is 17.6 Å². The molecule has 5 heteroatoms. The van der Waals surface area contributed by atoms with E-state index in [-0.39, 0.29) is 5.82 Å². The Morgan fingerprint density at radius 1 is 1.38 bits per heavy atom. The summed E-state index contributed by atoms with van der Waals surface area (Å²) < 4.78 is 12.8. The van der Waals surface area contributed by atoms with Gasteiger partial charge in [-0.3, -0.25) is 5.10 Å². The number of nitrogen functional groups attached to an aromatic ring is 1. The Bertz CT molecular complexity index is 467. The molecule has 2 aromatic rings. The number of nitrogens with zero attached hydrogens (tertiary/aromatic N) is 1. The van der Waals surface area contributed by atoms with E-state index in [1.54, 1.807) is 12.1 Å². The second-order valence-electron chi connectivity index (χ2n) is 3.51. The number of hydrogen-bond donors (Lipinski definition) is 3. The molecular weight excluding hydrogens is 207 g/mol. The van der Waals surface area contributed by atoms with E-state index in [9.17, 15) is 4.39 Å². The predicted octanol–water partition coefficient (Wildman–Crippen LogP) is 1.79. The number of hydrogen-bond acceptors (Lipinski definition) is 3. The molecule has 0 saturated heterocycles. The number of halogens is 1. The average Bonchev–Trinajstić information content (AvgIpc) is 2.64. The average molecular weight is 220 g/mol. The molecule has 84 valence electrons. The first-order valence-electron chi connectivity index (χ1n) is 5.03. The monoisotopic (exact) mass is 220 g/mol. The number of anilines is 2. The lowest BCUT2D eigenvalue weighted by Crippen LogP contribution is -2.05. The topological polar surface area (TPSA) is 66.7 Å². The molecule has 1 heterocycles. The molecule has 4 nitrogen and oxygen atoms in total. The van der Waals surface area contributed by atoms with Crippen LogP contribution in [0.15, 0.2) is 30.3 Å². The summed E-state index contributed by atoms with van der Waals surface area (Å²) in [5.74, 6) is 0.247. The van der Waals surface area contributed by atoms with Crippen molar-refractivity contribution in [2.24, 2.45) is 0 Å². The molecule has 1 aromatic heterocycles. The first-order chi connectivity index (χ1) is 7.74. The van der Waals surface area contributed by atoms with Gasteiger partial charge in [0, 0.05) is 30.4 Å². The van der Waals surface area contributed by atoms with Gasteiger partial charge in [-0.2, -0.15) is 5.10 Å². The maximum absolute atomic E-state index is 12.8. The maximum Gasteiger partial charge on any atom is 0.145 e. The van der Waals surface area contributed by atoms with Crippen molar-refractivity contribution in [1.29, 1.82) is 0 Å². The SMILES string of the molecule is Nc1cc(CCNc2cccc(F)c2)[nH]n1. The van der Waals surface area contributed by atoms with E-state index in [0.29, 0.717) is 12.4 Å². The molecule has 0 radical (unpaired) electrons. The van der Waals surface area contributed by atoms with Crippen molar-refractivity contribution in [3.8, 4) is 0 Å². The summed E-state index contributed by atoms with van der Waals surface area (Å²) in [7, 11) is 0. The number of H-pyrrole nitrogens is 1. The normalized spacial score (nSPS) is 10.3. The van der Waals surface area contributed by atoms with E-state index in [1.165, 1.54) is 12.1 Å². The third-order valence-electron chi connectivity index (χ3n) is 2.20. The van der Waals surface area contributed by atoms with Crippen LogP contribution in [-0.2, 0) is 6.42 Å². The van der Waals surface area contributed by atoms with Crippen LogP contribution in [0.4, 0.5) is 15.9 Å². The molecule has 0 atom stereocenters. The van der Waals surface area contributed by atoms with Crippen LogP contribution >= 0.6 is 0 Å². The lowest BCUT2D eigenvalue weighted by atomic mass is 10.2. The fraction of sp³-hybridized carbons (Fsp3) is 0.182.